The third kappa shape index (κ3) is 0.857. The van der Waals surface area contributed by atoms with E-state index in [1.165, 1.54) is 0 Å². The predicted octanol–water partition coefficient (Wildman–Crippen LogP) is 1.58. The second-order valence-corrected chi connectivity index (χ2v) is 2.59. The van der Waals surface area contributed by atoms with Gasteiger partial charge in [0.2, 0.25) is 0 Å². The van der Waals surface area contributed by atoms with Gasteiger partial charge >= 0.3 is 0 Å². The van der Waals surface area contributed by atoms with Gasteiger partial charge in [0.05, 0.1) is 5.88 Å². The van der Waals surface area contributed by atoms with E-state index in [0.29, 0.717) is 5.88 Å². The van der Waals surface area contributed by atoms with Crippen LogP contribution in [0.5, 0.6) is 0 Å². The molecule has 0 radical (unpaired) electrons. The van der Waals surface area contributed by atoms with E-state index in [1.54, 1.807) is 0 Å². The summed E-state index contributed by atoms with van der Waals surface area (Å²) in [6.07, 6.45) is 0.145. The molecule has 2 unspecified atom stereocenters. The SMILES string of the molecule is CC1OC1(Cl)CCl. The first-order valence-corrected chi connectivity index (χ1v) is 3.03. The predicted molar refractivity (Wildman–Crippen MR) is 29.9 cm³/mol. The summed E-state index contributed by atoms with van der Waals surface area (Å²) in [4.78, 5) is 0. The van der Waals surface area contributed by atoms with Crippen LogP contribution in [-0.2, 0) is 4.74 Å². The van der Waals surface area contributed by atoms with Crippen molar-refractivity contribution in [3.8, 4) is 0 Å². The second-order valence-electron chi connectivity index (χ2n) is 1.68. The van der Waals surface area contributed by atoms with E-state index in [1.807, 2.05) is 6.92 Å². The zero-order valence-electron chi connectivity index (χ0n) is 3.95. The molecule has 0 N–H and O–H groups in total. The first kappa shape index (κ1) is 5.67. The summed E-state index contributed by atoms with van der Waals surface area (Å²) in [5.41, 5.74) is 0. The molecule has 0 spiro atoms. The van der Waals surface area contributed by atoms with E-state index in [-0.39, 0.29) is 6.10 Å². The van der Waals surface area contributed by atoms with E-state index in [0.717, 1.165) is 0 Å². The van der Waals surface area contributed by atoms with Crippen LogP contribution in [0.2, 0.25) is 0 Å². The van der Waals surface area contributed by atoms with Crippen LogP contribution in [0.3, 0.4) is 0 Å². The fraction of sp³-hybridized carbons (Fsp3) is 1.00. The minimum absolute atomic E-state index is 0.145. The molecular formula is C4H6Cl2O. The fourth-order valence-corrected chi connectivity index (χ4v) is 0.814. The van der Waals surface area contributed by atoms with Crippen molar-refractivity contribution in [1.29, 1.82) is 0 Å². The molecular weight excluding hydrogens is 135 g/mol. The van der Waals surface area contributed by atoms with Crippen molar-refractivity contribution < 1.29 is 4.74 Å². The number of ether oxygens (including phenoxy) is 1. The van der Waals surface area contributed by atoms with Gasteiger partial charge in [-0.2, -0.15) is 0 Å². The lowest BCUT2D eigenvalue weighted by Crippen LogP contribution is -2.04. The summed E-state index contributed by atoms with van der Waals surface area (Å²) in [5.74, 6) is 0.385. The fourth-order valence-electron chi connectivity index (χ4n) is 0.400. The van der Waals surface area contributed by atoms with Crippen LogP contribution < -0.4 is 0 Å². The summed E-state index contributed by atoms with van der Waals surface area (Å²) in [7, 11) is 0. The first-order chi connectivity index (χ1) is 3.19. The zero-order valence-corrected chi connectivity index (χ0v) is 5.46. The Morgan fingerprint density at radius 3 is 2.29 bits per heavy atom. The highest BCUT2D eigenvalue weighted by molar-refractivity contribution is 6.31. The van der Waals surface area contributed by atoms with E-state index < -0.39 is 5.06 Å². The topological polar surface area (TPSA) is 12.5 Å². The minimum Gasteiger partial charge on any atom is -0.348 e. The normalized spacial score (nSPS) is 49.3. The summed E-state index contributed by atoms with van der Waals surface area (Å²) < 4.78 is 4.89. The summed E-state index contributed by atoms with van der Waals surface area (Å²) in [6.45, 7) is 1.90. The summed E-state index contributed by atoms with van der Waals surface area (Å²) in [6, 6.07) is 0. The van der Waals surface area contributed by atoms with Crippen LogP contribution in [0.1, 0.15) is 6.92 Å². The average Bonchev–Trinajstić information content (AvgIpc) is 2.18. The lowest BCUT2D eigenvalue weighted by molar-refractivity contribution is 0.371. The van der Waals surface area contributed by atoms with Gasteiger partial charge in [0, 0.05) is 0 Å². The zero-order chi connectivity index (χ0) is 5.49. The van der Waals surface area contributed by atoms with Crippen LogP contribution in [0.25, 0.3) is 0 Å². The smallest absolute Gasteiger partial charge is 0.181 e. The average molecular weight is 141 g/mol. The molecule has 1 saturated heterocycles. The quantitative estimate of drug-likeness (QED) is 0.399. The van der Waals surface area contributed by atoms with Crippen molar-refractivity contribution in [2.45, 2.75) is 18.1 Å². The molecule has 0 bridgehead atoms. The molecule has 1 aliphatic rings. The molecule has 0 aromatic carbocycles. The monoisotopic (exact) mass is 140 g/mol. The Kier molecular flexibility index (Phi) is 1.22. The number of rotatable bonds is 1. The Bertz CT molecular complexity index is 81.8. The van der Waals surface area contributed by atoms with Crippen molar-refractivity contribution >= 4 is 23.2 Å². The van der Waals surface area contributed by atoms with Crippen molar-refractivity contribution in [2.24, 2.45) is 0 Å². The molecule has 42 valence electrons. The molecule has 1 fully saturated rings. The van der Waals surface area contributed by atoms with Crippen molar-refractivity contribution in [3.63, 3.8) is 0 Å². The molecule has 3 heteroatoms. The molecule has 1 aliphatic heterocycles. The Morgan fingerprint density at radius 2 is 2.29 bits per heavy atom. The van der Waals surface area contributed by atoms with Gasteiger partial charge in [-0.3, -0.25) is 0 Å². The second kappa shape index (κ2) is 1.51. The molecule has 0 aromatic rings. The molecule has 1 heterocycles. The van der Waals surface area contributed by atoms with Gasteiger partial charge in [-0.15, -0.1) is 11.6 Å². The number of epoxide rings is 1. The molecule has 1 nitrogen and oxygen atoms in total. The van der Waals surface area contributed by atoms with Gasteiger partial charge in [-0.05, 0) is 6.92 Å². The maximum Gasteiger partial charge on any atom is 0.181 e. The number of alkyl halides is 2. The van der Waals surface area contributed by atoms with Gasteiger partial charge in [-0.1, -0.05) is 11.6 Å². The highest BCUT2D eigenvalue weighted by Crippen LogP contribution is 2.40. The molecule has 1 rings (SSSR count). The molecule has 2 atom stereocenters. The van der Waals surface area contributed by atoms with E-state index in [4.69, 9.17) is 27.9 Å². The van der Waals surface area contributed by atoms with E-state index >= 15 is 0 Å². The highest BCUT2D eigenvalue weighted by Gasteiger charge is 2.51. The lowest BCUT2D eigenvalue weighted by Gasteiger charge is -1.89. The van der Waals surface area contributed by atoms with Crippen molar-refractivity contribution in [1.82, 2.24) is 0 Å². The first-order valence-electron chi connectivity index (χ1n) is 2.12. The molecule has 0 aromatic heterocycles. The number of hydrogen-bond donors (Lipinski definition) is 0. The van der Waals surface area contributed by atoms with Gasteiger partial charge in [0.1, 0.15) is 6.10 Å². The maximum absolute atomic E-state index is 5.62. The van der Waals surface area contributed by atoms with Gasteiger partial charge in [0.25, 0.3) is 0 Å². The third-order valence-corrected chi connectivity index (χ3v) is 2.17. The van der Waals surface area contributed by atoms with Crippen LogP contribution >= 0.6 is 23.2 Å². The number of hydrogen-bond acceptors (Lipinski definition) is 1. The van der Waals surface area contributed by atoms with Crippen LogP contribution in [0.4, 0.5) is 0 Å². The van der Waals surface area contributed by atoms with Crippen molar-refractivity contribution in [2.75, 3.05) is 5.88 Å². The molecule has 0 aliphatic carbocycles. The lowest BCUT2D eigenvalue weighted by atomic mass is 10.4. The van der Waals surface area contributed by atoms with Crippen molar-refractivity contribution in [3.05, 3.63) is 0 Å². The maximum atomic E-state index is 5.62. The van der Waals surface area contributed by atoms with Crippen LogP contribution in [-0.4, -0.2) is 17.0 Å². The van der Waals surface area contributed by atoms with Gasteiger partial charge in [0.15, 0.2) is 5.06 Å². The molecule has 0 amide bonds. The third-order valence-electron chi connectivity index (χ3n) is 1.10. The van der Waals surface area contributed by atoms with E-state index in [9.17, 15) is 0 Å². The highest BCUT2D eigenvalue weighted by atomic mass is 35.5. The van der Waals surface area contributed by atoms with Crippen LogP contribution in [0, 0.1) is 0 Å². The summed E-state index contributed by atoms with van der Waals surface area (Å²) in [5, 5.41) is -0.512. The number of halogens is 2. The van der Waals surface area contributed by atoms with Gasteiger partial charge in [-0.25, -0.2) is 0 Å². The Hall–Kier alpha value is 0.540. The van der Waals surface area contributed by atoms with Gasteiger partial charge < -0.3 is 4.74 Å². The standard InChI is InChI=1S/C4H6Cl2O/c1-3-4(6,2-5)7-3/h3H,2H2,1H3. The Labute approximate surface area is 52.5 Å². The van der Waals surface area contributed by atoms with Crippen LogP contribution in [0.15, 0.2) is 0 Å². The van der Waals surface area contributed by atoms with E-state index in [2.05, 4.69) is 0 Å². The Morgan fingerprint density at radius 1 is 1.86 bits per heavy atom. The summed E-state index contributed by atoms with van der Waals surface area (Å²) >= 11 is 11.0. The minimum atomic E-state index is -0.512. The Balaban J connectivity index is 2.36. The molecule has 7 heavy (non-hydrogen) atoms. The molecule has 0 saturated carbocycles. The largest absolute Gasteiger partial charge is 0.348 e.